The molecular weight excluding hydrogens is 400 g/mol. The Bertz CT molecular complexity index is 1000. The van der Waals surface area contributed by atoms with Gasteiger partial charge < -0.3 is 9.47 Å². The van der Waals surface area contributed by atoms with Crippen LogP contribution in [0.25, 0.3) is 0 Å². The standard InChI is InChI=1S/C24H23ClN2O3/c1-2-13-29-22-11-9-20(10-12-22)24(28)27-26-16-18-5-4-8-23(15-18)30-17-19-6-3-7-21(25)14-19/h3-12,14-16H,2,13,17H2,1H3,(H,27,28)/b26-16+. The van der Waals surface area contributed by atoms with E-state index in [0.29, 0.717) is 29.5 Å². The van der Waals surface area contributed by atoms with Crippen molar-refractivity contribution < 1.29 is 14.3 Å². The molecule has 3 aromatic rings. The fraction of sp³-hybridized carbons (Fsp3) is 0.167. The molecule has 0 fully saturated rings. The molecule has 0 radical (unpaired) electrons. The molecule has 1 amide bonds. The Balaban J connectivity index is 1.53. The van der Waals surface area contributed by atoms with Gasteiger partial charge in [0.05, 0.1) is 12.8 Å². The summed E-state index contributed by atoms with van der Waals surface area (Å²) < 4.78 is 11.3. The lowest BCUT2D eigenvalue weighted by molar-refractivity contribution is 0.0955. The number of hydrazone groups is 1. The molecule has 30 heavy (non-hydrogen) atoms. The van der Waals surface area contributed by atoms with Gasteiger partial charge in [-0.2, -0.15) is 5.10 Å². The maximum absolute atomic E-state index is 12.2. The van der Waals surface area contributed by atoms with Crippen LogP contribution in [0.15, 0.2) is 77.9 Å². The predicted molar refractivity (Wildman–Crippen MR) is 120 cm³/mol. The van der Waals surface area contributed by atoms with Gasteiger partial charge in [0.2, 0.25) is 0 Å². The first kappa shape index (κ1) is 21.4. The predicted octanol–water partition coefficient (Wildman–Crippen LogP) is 5.47. The molecule has 154 valence electrons. The average Bonchev–Trinajstić information content (AvgIpc) is 2.77. The lowest BCUT2D eigenvalue weighted by Gasteiger charge is -2.07. The van der Waals surface area contributed by atoms with Crippen molar-refractivity contribution in [2.75, 3.05) is 6.61 Å². The first-order valence-corrected chi connectivity index (χ1v) is 10.1. The molecule has 0 saturated heterocycles. The van der Waals surface area contributed by atoms with E-state index in [4.69, 9.17) is 21.1 Å². The summed E-state index contributed by atoms with van der Waals surface area (Å²) in [5, 5.41) is 4.71. The second-order valence-electron chi connectivity index (χ2n) is 6.56. The lowest BCUT2D eigenvalue weighted by atomic mass is 10.2. The molecule has 0 aliphatic carbocycles. The third-order valence-electron chi connectivity index (χ3n) is 4.12. The number of rotatable bonds is 9. The zero-order chi connectivity index (χ0) is 21.2. The molecule has 0 aliphatic rings. The van der Waals surface area contributed by atoms with E-state index < -0.39 is 0 Å². The van der Waals surface area contributed by atoms with Gasteiger partial charge in [0.1, 0.15) is 18.1 Å². The van der Waals surface area contributed by atoms with E-state index >= 15 is 0 Å². The normalized spacial score (nSPS) is 10.7. The van der Waals surface area contributed by atoms with E-state index in [2.05, 4.69) is 10.5 Å². The van der Waals surface area contributed by atoms with Crippen LogP contribution in [0.3, 0.4) is 0 Å². The van der Waals surface area contributed by atoms with E-state index in [0.717, 1.165) is 23.3 Å². The van der Waals surface area contributed by atoms with Gasteiger partial charge >= 0.3 is 0 Å². The topological polar surface area (TPSA) is 59.9 Å². The highest BCUT2D eigenvalue weighted by Gasteiger charge is 2.04. The van der Waals surface area contributed by atoms with Crippen LogP contribution in [0.4, 0.5) is 0 Å². The minimum Gasteiger partial charge on any atom is -0.494 e. The van der Waals surface area contributed by atoms with Crippen LogP contribution in [0.1, 0.15) is 34.8 Å². The highest BCUT2D eigenvalue weighted by Crippen LogP contribution is 2.16. The third kappa shape index (κ3) is 6.64. The molecular formula is C24H23ClN2O3. The van der Waals surface area contributed by atoms with Gasteiger partial charge in [-0.3, -0.25) is 4.79 Å². The fourth-order valence-electron chi connectivity index (χ4n) is 2.63. The van der Waals surface area contributed by atoms with E-state index in [1.807, 2.05) is 55.5 Å². The van der Waals surface area contributed by atoms with Gasteiger partial charge in [-0.25, -0.2) is 5.43 Å². The molecule has 1 N–H and O–H groups in total. The second-order valence-corrected chi connectivity index (χ2v) is 7.00. The van der Waals surface area contributed by atoms with Gasteiger partial charge in [-0.15, -0.1) is 0 Å². The van der Waals surface area contributed by atoms with Crippen molar-refractivity contribution in [3.63, 3.8) is 0 Å². The van der Waals surface area contributed by atoms with Crippen LogP contribution < -0.4 is 14.9 Å². The first-order valence-electron chi connectivity index (χ1n) is 9.67. The Kier molecular flexibility index (Phi) is 7.86. The number of nitrogens with zero attached hydrogens (tertiary/aromatic N) is 1. The molecule has 5 nitrogen and oxygen atoms in total. The molecule has 0 spiro atoms. The van der Waals surface area contributed by atoms with Crippen LogP contribution in [0.2, 0.25) is 5.02 Å². The van der Waals surface area contributed by atoms with Crippen molar-refractivity contribution in [1.29, 1.82) is 0 Å². The summed E-state index contributed by atoms with van der Waals surface area (Å²) in [5.74, 6) is 1.15. The number of hydrogen-bond acceptors (Lipinski definition) is 4. The maximum atomic E-state index is 12.2. The summed E-state index contributed by atoms with van der Waals surface area (Å²) in [6, 6.07) is 21.9. The smallest absolute Gasteiger partial charge is 0.271 e. The highest BCUT2D eigenvalue weighted by atomic mass is 35.5. The largest absolute Gasteiger partial charge is 0.494 e. The van der Waals surface area contributed by atoms with Crippen LogP contribution in [-0.4, -0.2) is 18.7 Å². The number of nitrogens with one attached hydrogen (secondary N) is 1. The van der Waals surface area contributed by atoms with Crippen molar-refractivity contribution in [3.8, 4) is 11.5 Å². The van der Waals surface area contributed by atoms with Crippen molar-refractivity contribution in [2.45, 2.75) is 20.0 Å². The molecule has 3 aromatic carbocycles. The Morgan fingerprint density at radius 2 is 1.80 bits per heavy atom. The van der Waals surface area contributed by atoms with E-state index in [1.54, 1.807) is 30.5 Å². The lowest BCUT2D eigenvalue weighted by Crippen LogP contribution is -2.17. The Morgan fingerprint density at radius 3 is 2.57 bits per heavy atom. The average molecular weight is 423 g/mol. The molecule has 0 bridgehead atoms. The Labute approximate surface area is 181 Å². The minimum absolute atomic E-state index is 0.290. The summed E-state index contributed by atoms with van der Waals surface area (Å²) in [4.78, 5) is 12.2. The fourth-order valence-corrected chi connectivity index (χ4v) is 2.84. The number of carbonyl (C=O) groups is 1. The summed E-state index contributed by atoms with van der Waals surface area (Å²) in [7, 11) is 0. The van der Waals surface area contributed by atoms with E-state index in [-0.39, 0.29) is 5.91 Å². The quantitative estimate of drug-likeness (QED) is 0.367. The number of halogens is 1. The van der Waals surface area contributed by atoms with Crippen molar-refractivity contribution in [3.05, 3.63) is 94.5 Å². The van der Waals surface area contributed by atoms with Crippen molar-refractivity contribution in [2.24, 2.45) is 5.10 Å². The maximum Gasteiger partial charge on any atom is 0.271 e. The first-order chi connectivity index (χ1) is 14.6. The summed E-state index contributed by atoms with van der Waals surface area (Å²) in [6.45, 7) is 3.11. The van der Waals surface area contributed by atoms with Crippen LogP contribution in [0.5, 0.6) is 11.5 Å². The van der Waals surface area contributed by atoms with Crippen molar-refractivity contribution in [1.82, 2.24) is 5.43 Å². The van der Waals surface area contributed by atoms with E-state index in [9.17, 15) is 4.79 Å². The third-order valence-corrected chi connectivity index (χ3v) is 4.36. The van der Waals surface area contributed by atoms with E-state index in [1.165, 1.54) is 0 Å². The van der Waals surface area contributed by atoms with Gasteiger partial charge in [0.15, 0.2) is 0 Å². The molecule has 0 unspecified atom stereocenters. The molecule has 0 aliphatic heterocycles. The molecule has 0 heterocycles. The van der Waals surface area contributed by atoms with Crippen LogP contribution >= 0.6 is 11.6 Å². The second kappa shape index (κ2) is 11.0. The van der Waals surface area contributed by atoms with Gasteiger partial charge in [0.25, 0.3) is 5.91 Å². The number of hydrogen-bond donors (Lipinski definition) is 1. The molecule has 0 atom stereocenters. The summed E-state index contributed by atoms with van der Waals surface area (Å²) in [5.41, 5.74) is 4.83. The number of ether oxygens (including phenoxy) is 2. The number of amides is 1. The molecule has 6 heteroatoms. The van der Waals surface area contributed by atoms with Gasteiger partial charge in [-0.05, 0) is 66.1 Å². The van der Waals surface area contributed by atoms with Crippen molar-refractivity contribution >= 4 is 23.7 Å². The van der Waals surface area contributed by atoms with Crippen LogP contribution in [-0.2, 0) is 6.61 Å². The molecule has 0 aromatic heterocycles. The SMILES string of the molecule is CCCOc1ccc(C(=O)N/N=C/c2cccc(OCc3cccc(Cl)c3)c2)cc1. The number of carbonyl (C=O) groups excluding carboxylic acids is 1. The Hall–Kier alpha value is -3.31. The highest BCUT2D eigenvalue weighted by molar-refractivity contribution is 6.30. The molecule has 0 saturated carbocycles. The van der Waals surface area contributed by atoms with Gasteiger partial charge in [0, 0.05) is 10.6 Å². The zero-order valence-electron chi connectivity index (χ0n) is 16.7. The summed E-state index contributed by atoms with van der Waals surface area (Å²) in [6.07, 6.45) is 2.51. The summed E-state index contributed by atoms with van der Waals surface area (Å²) >= 11 is 5.99. The zero-order valence-corrected chi connectivity index (χ0v) is 17.4. The minimum atomic E-state index is -0.290. The molecule has 3 rings (SSSR count). The Morgan fingerprint density at radius 1 is 1.00 bits per heavy atom. The van der Waals surface area contributed by atoms with Gasteiger partial charge in [-0.1, -0.05) is 42.8 Å². The number of benzene rings is 3. The van der Waals surface area contributed by atoms with Crippen LogP contribution in [0, 0.1) is 0 Å². The monoisotopic (exact) mass is 422 g/mol.